The van der Waals surface area contributed by atoms with Gasteiger partial charge in [-0.25, -0.2) is 15.0 Å². The molecule has 1 amide bonds. The van der Waals surface area contributed by atoms with Gasteiger partial charge in [-0.3, -0.25) is 9.78 Å². The molecular formula is C23H20N6OS. The van der Waals surface area contributed by atoms with Gasteiger partial charge in [0.15, 0.2) is 5.13 Å². The molecule has 0 saturated heterocycles. The average molecular weight is 429 g/mol. The molecule has 1 aromatic carbocycles. The number of nitrogens with zero attached hydrogens (tertiary/aromatic N) is 4. The number of nitrogen functional groups attached to an aromatic ring is 1. The first-order chi connectivity index (χ1) is 15.1. The minimum atomic E-state index is -0.515. The van der Waals surface area contributed by atoms with Crippen molar-refractivity contribution in [3.05, 3.63) is 72.1 Å². The van der Waals surface area contributed by atoms with E-state index < -0.39 is 5.41 Å². The molecule has 5 rings (SSSR count). The molecule has 3 heterocycles. The van der Waals surface area contributed by atoms with Crippen molar-refractivity contribution < 1.29 is 4.79 Å². The molecule has 0 unspecified atom stereocenters. The summed E-state index contributed by atoms with van der Waals surface area (Å²) in [6, 6.07) is 11.9. The Labute approximate surface area is 183 Å². The van der Waals surface area contributed by atoms with Crippen molar-refractivity contribution in [1.29, 1.82) is 0 Å². The number of anilines is 2. The van der Waals surface area contributed by atoms with E-state index in [1.807, 2.05) is 41.8 Å². The number of rotatable bonds is 5. The average Bonchev–Trinajstić information content (AvgIpc) is 3.23. The quantitative estimate of drug-likeness (QED) is 0.491. The molecule has 1 saturated carbocycles. The van der Waals surface area contributed by atoms with E-state index in [0.717, 1.165) is 47.2 Å². The lowest BCUT2D eigenvalue weighted by Crippen LogP contribution is -2.46. The highest BCUT2D eigenvalue weighted by Crippen LogP contribution is 2.45. The third-order valence-electron chi connectivity index (χ3n) is 5.79. The van der Waals surface area contributed by atoms with Gasteiger partial charge in [-0.05, 0) is 36.1 Å². The predicted octanol–water partition coefficient (Wildman–Crippen LogP) is 4.30. The summed E-state index contributed by atoms with van der Waals surface area (Å²) in [5, 5.41) is 5.60. The standard InChI is InChI=1S/C23H20N6OS/c24-21-26-12-17(13-27-21)15-2-4-18(5-3-15)23(8-1-9-23)20(30)29-22-28-19(14-31-22)16-6-10-25-11-7-16/h2-7,10-14H,1,8-9H2,(H2,24,26,27)(H,28,29,30). The number of hydrogen-bond donors (Lipinski definition) is 2. The molecule has 7 nitrogen and oxygen atoms in total. The minimum Gasteiger partial charge on any atom is -0.368 e. The van der Waals surface area contributed by atoms with Gasteiger partial charge in [0, 0.05) is 41.3 Å². The number of benzene rings is 1. The van der Waals surface area contributed by atoms with Crippen LogP contribution in [0.25, 0.3) is 22.4 Å². The maximum atomic E-state index is 13.3. The van der Waals surface area contributed by atoms with E-state index in [2.05, 4.69) is 25.3 Å². The van der Waals surface area contributed by atoms with Gasteiger partial charge in [0.25, 0.3) is 0 Å². The summed E-state index contributed by atoms with van der Waals surface area (Å²) < 4.78 is 0. The highest BCUT2D eigenvalue weighted by atomic mass is 32.1. The van der Waals surface area contributed by atoms with E-state index >= 15 is 0 Å². The molecule has 0 aliphatic heterocycles. The van der Waals surface area contributed by atoms with E-state index in [-0.39, 0.29) is 11.9 Å². The number of hydrogen-bond acceptors (Lipinski definition) is 7. The lowest BCUT2D eigenvalue weighted by Gasteiger charge is -2.40. The first-order valence-corrected chi connectivity index (χ1v) is 10.9. The summed E-state index contributed by atoms with van der Waals surface area (Å²) in [6.45, 7) is 0. The molecule has 3 N–H and O–H groups in total. The lowest BCUT2D eigenvalue weighted by atomic mass is 9.63. The first-order valence-electron chi connectivity index (χ1n) is 10.00. The Bertz CT molecular complexity index is 1200. The van der Waals surface area contributed by atoms with Crippen LogP contribution in [0.3, 0.4) is 0 Å². The van der Waals surface area contributed by atoms with Crippen LogP contribution in [0.5, 0.6) is 0 Å². The molecule has 8 heteroatoms. The van der Waals surface area contributed by atoms with Crippen molar-refractivity contribution in [3.63, 3.8) is 0 Å². The summed E-state index contributed by atoms with van der Waals surface area (Å²) in [5.74, 6) is 0.248. The number of carbonyl (C=O) groups is 1. The Kier molecular flexibility index (Phi) is 4.91. The highest BCUT2D eigenvalue weighted by Gasteiger charge is 2.45. The smallest absolute Gasteiger partial charge is 0.236 e. The summed E-state index contributed by atoms with van der Waals surface area (Å²) in [5.41, 5.74) is 9.76. The zero-order chi connectivity index (χ0) is 21.3. The molecular weight excluding hydrogens is 408 g/mol. The van der Waals surface area contributed by atoms with Crippen molar-refractivity contribution in [2.75, 3.05) is 11.1 Å². The Hall–Kier alpha value is -3.65. The number of aromatic nitrogens is 4. The zero-order valence-corrected chi connectivity index (χ0v) is 17.5. The fourth-order valence-corrected chi connectivity index (χ4v) is 4.56. The SMILES string of the molecule is Nc1ncc(-c2ccc(C3(C(=O)Nc4nc(-c5ccncc5)cs4)CCC3)cc2)cn1. The van der Waals surface area contributed by atoms with Gasteiger partial charge in [-0.1, -0.05) is 30.7 Å². The Balaban J connectivity index is 1.35. The topological polar surface area (TPSA) is 107 Å². The molecule has 3 aromatic heterocycles. The molecule has 31 heavy (non-hydrogen) atoms. The van der Waals surface area contributed by atoms with Crippen LogP contribution in [0.15, 0.2) is 66.6 Å². The summed E-state index contributed by atoms with van der Waals surface area (Å²) in [4.78, 5) is 30.0. The fraction of sp³-hybridized carbons (Fsp3) is 0.174. The van der Waals surface area contributed by atoms with Crippen LogP contribution >= 0.6 is 11.3 Å². The lowest BCUT2D eigenvalue weighted by molar-refractivity contribution is -0.124. The first kappa shape index (κ1) is 19.3. The third-order valence-corrected chi connectivity index (χ3v) is 6.54. The normalized spacial score (nSPS) is 14.6. The number of carbonyl (C=O) groups excluding carboxylic acids is 1. The number of thiazole rings is 1. The van der Waals surface area contributed by atoms with Crippen LogP contribution in [0.2, 0.25) is 0 Å². The second-order valence-corrected chi connectivity index (χ2v) is 8.43. The van der Waals surface area contributed by atoms with E-state index in [1.54, 1.807) is 24.8 Å². The number of amides is 1. The number of nitrogens with one attached hydrogen (secondary N) is 1. The molecule has 0 spiro atoms. The van der Waals surface area contributed by atoms with E-state index in [0.29, 0.717) is 5.13 Å². The monoisotopic (exact) mass is 428 g/mol. The highest BCUT2D eigenvalue weighted by molar-refractivity contribution is 7.14. The largest absolute Gasteiger partial charge is 0.368 e. The second kappa shape index (κ2) is 7.88. The molecule has 0 bridgehead atoms. The molecule has 154 valence electrons. The minimum absolute atomic E-state index is 0.00190. The Morgan fingerprint density at radius 1 is 0.968 bits per heavy atom. The van der Waals surface area contributed by atoms with Crippen LogP contribution in [-0.2, 0) is 10.2 Å². The van der Waals surface area contributed by atoms with Crippen molar-refractivity contribution in [3.8, 4) is 22.4 Å². The van der Waals surface area contributed by atoms with Gasteiger partial charge in [0.1, 0.15) is 0 Å². The molecule has 1 aliphatic carbocycles. The van der Waals surface area contributed by atoms with Gasteiger partial charge >= 0.3 is 0 Å². The summed E-state index contributed by atoms with van der Waals surface area (Å²) in [7, 11) is 0. The number of nitrogens with two attached hydrogens (primary N) is 1. The Morgan fingerprint density at radius 3 is 2.32 bits per heavy atom. The maximum absolute atomic E-state index is 13.3. The molecule has 4 aromatic rings. The maximum Gasteiger partial charge on any atom is 0.236 e. The fourth-order valence-electron chi connectivity index (χ4n) is 3.85. The predicted molar refractivity (Wildman–Crippen MR) is 121 cm³/mol. The van der Waals surface area contributed by atoms with Crippen LogP contribution in [0.1, 0.15) is 24.8 Å². The van der Waals surface area contributed by atoms with Crippen molar-refractivity contribution >= 4 is 28.3 Å². The van der Waals surface area contributed by atoms with Gasteiger partial charge in [-0.15, -0.1) is 11.3 Å². The summed E-state index contributed by atoms with van der Waals surface area (Å²) >= 11 is 1.43. The van der Waals surface area contributed by atoms with Crippen molar-refractivity contribution in [2.24, 2.45) is 0 Å². The third kappa shape index (κ3) is 3.66. The Morgan fingerprint density at radius 2 is 1.68 bits per heavy atom. The van der Waals surface area contributed by atoms with Gasteiger partial charge in [-0.2, -0.15) is 0 Å². The van der Waals surface area contributed by atoms with Gasteiger partial charge < -0.3 is 11.1 Å². The molecule has 1 aliphatic rings. The second-order valence-electron chi connectivity index (χ2n) is 7.57. The molecule has 0 atom stereocenters. The zero-order valence-electron chi connectivity index (χ0n) is 16.7. The van der Waals surface area contributed by atoms with Crippen molar-refractivity contribution in [2.45, 2.75) is 24.7 Å². The van der Waals surface area contributed by atoms with Crippen molar-refractivity contribution in [1.82, 2.24) is 19.9 Å². The van der Waals surface area contributed by atoms with Crippen LogP contribution in [0.4, 0.5) is 11.1 Å². The van der Waals surface area contributed by atoms with E-state index in [4.69, 9.17) is 5.73 Å². The molecule has 1 fully saturated rings. The number of pyridine rings is 1. The van der Waals surface area contributed by atoms with E-state index in [9.17, 15) is 4.79 Å². The van der Waals surface area contributed by atoms with Crippen LogP contribution in [-0.4, -0.2) is 25.8 Å². The van der Waals surface area contributed by atoms with E-state index in [1.165, 1.54) is 11.3 Å². The van der Waals surface area contributed by atoms with Crippen LogP contribution < -0.4 is 11.1 Å². The summed E-state index contributed by atoms with van der Waals surface area (Å²) in [6.07, 6.45) is 9.55. The van der Waals surface area contributed by atoms with Crippen LogP contribution in [0, 0.1) is 0 Å². The molecule has 0 radical (unpaired) electrons. The van der Waals surface area contributed by atoms with Gasteiger partial charge in [0.05, 0.1) is 11.1 Å². The van der Waals surface area contributed by atoms with Gasteiger partial charge in [0.2, 0.25) is 11.9 Å².